The highest BCUT2D eigenvalue weighted by molar-refractivity contribution is 5.42. The first-order valence-corrected chi connectivity index (χ1v) is 10.6. The Balaban J connectivity index is 1.65. The molecule has 2 heterocycles. The number of pyridine rings is 1. The Hall–Kier alpha value is -2.93. The molecular formula is C25H25F4N3. The fourth-order valence-electron chi connectivity index (χ4n) is 4.54. The van der Waals surface area contributed by atoms with Crippen molar-refractivity contribution in [2.45, 2.75) is 24.6 Å². The Morgan fingerprint density at radius 3 is 2.34 bits per heavy atom. The summed E-state index contributed by atoms with van der Waals surface area (Å²) < 4.78 is 52.4. The van der Waals surface area contributed by atoms with E-state index in [2.05, 4.69) is 22.4 Å². The molecule has 0 saturated carbocycles. The van der Waals surface area contributed by atoms with Crippen molar-refractivity contribution in [3.05, 3.63) is 95.4 Å². The molecule has 0 spiro atoms. The molecule has 168 valence electrons. The van der Waals surface area contributed by atoms with Crippen LogP contribution in [0.25, 0.3) is 0 Å². The van der Waals surface area contributed by atoms with E-state index in [-0.39, 0.29) is 23.7 Å². The van der Waals surface area contributed by atoms with Gasteiger partial charge in [0.15, 0.2) is 0 Å². The van der Waals surface area contributed by atoms with Crippen LogP contribution in [0.4, 0.5) is 23.4 Å². The van der Waals surface area contributed by atoms with Gasteiger partial charge in [-0.1, -0.05) is 42.5 Å². The number of likely N-dealkylation sites (N-methyl/N-ethyl adjacent to an activating group) is 1. The topological polar surface area (TPSA) is 28.2 Å². The van der Waals surface area contributed by atoms with Gasteiger partial charge in [-0.2, -0.15) is 13.2 Å². The zero-order valence-electron chi connectivity index (χ0n) is 17.7. The highest BCUT2D eigenvalue weighted by atomic mass is 19.4. The van der Waals surface area contributed by atoms with E-state index in [1.165, 1.54) is 18.2 Å². The zero-order chi connectivity index (χ0) is 22.7. The molecule has 2 unspecified atom stereocenters. The van der Waals surface area contributed by atoms with E-state index in [1.54, 1.807) is 0 Å². The highest BCUT2D eigenvalue weighted by Crippen LogP contribution is 2.36. The second-order valence-electron chi connectivity index (χ2n) is 8.25. The number of halogens is 4. The van der Waals surface area contributed by atoms with E-state index in [4.69, 9.17) is 0 Å². The number of hydrogen-bond donors (Lipinski definition) is 1. The van der Waals surface area contributed by atoms with E-state index in [0.717, 1.165) is 36.5 Å². The lowest BCUT2D eigenvalue weighted by Crippen LogP contribution is -2.43. The summed E-state index contributed by atoms with van der Waals surface area (Å²) >= 11 is 0. The molecule has 0 aliphatic carbocycles. The van der Waals surface area contributed by atoms with Crippen LogP contribution in [0.1, 0.15) is 22.6 Å². The molecule has 1 aliphatic heterocycles. The Bertz CT molecular complexity index is 1000. The summed E-state index contributed by atoms with van der Waals surface area (Å²) in [7, 11) is 1.88. The van der Waals surface area contributed by atoms with E-state index >= 15 is 0 Å². The second-order valence-corrected chi connectivity index (χ2v) is 8.25. The Morgan fingerprint density at radius 1 is 1.00 bits per heavy atom. The van der Waals surface area contributed by atoms with Gasteiger partial charge in [0.2, 0.25) is 0 Å². The molecule has 0 amide bonds. The minimum Gasteiger partial charge on any atom is -0.356 e. The molecule has 3 aromatic rings. The third kappa shape index (κ3) is 4.93. The van der Waals surface area contributed by atoms with Crippen molar-refractivity contribution >= 4 is 5.82 Å². The van der Waals surface area contributed by atoms with E-state index < -0.39 is 11.7 Å². The molecule has 1 fully saturated rings. The quantitative estimate of drug-likeness (QED) is 0.525. The molecule has 1 N–H and O–H groups in total. The van der Waals surface area contributed by atoms with Crippen molar-refractivity contribution in [2.75, 3.05) is 25.0 Å². The summed E-state index contributed by atoms with van der Waals surface area (Å²) in [6.45, 7) is 1.51. The van der Waals surface area contributed by atoms with Crippen LogP contribution in [0.3, 0.4) is 0 Å². The van der Waals surface area contributed by atoms with Gasteiger partial charge in [0, 0.05) is 44.2 Å². The number of benzene rings is 2. The van der Waals surface area contributed by atoms with Gasteiger partial charge < -0.3 is 10.2 Å². The molecular weight excluding hydrogens is 418 g/mol. The van der Waals surface area contributed by atoms with Gasteiger partial charge in [0.05, 0.1) is 5.56 Å². The van der Waals surface area contributed by atoms with Crippen molar-refractivity contribution in [1.82, 2.24) is 10.3 Å². The van der Waals surface area contributed by atoms with Crippen molar-refractivity contribution in [1.29, 1.82) is 0 Å². The van der Waals surface area contributed by atoms with Crippen LogP contribution >= 0.6 is 0 Å². The van der Waals surface area contributed by atoms with Crippen LogP contribution in [0.5, 0.6) is 0 Å². The number of nitrogens with zero attached hydrogens (tertiary/aromatic N) is 2. The van der Waals surface area contributed by atoms with Crippen molar-refractivity contribution in [3.8, 4) is 0 Å². The number of aromatic nitrogens is 1. The molecule has 1 aromatic heterocycles. The predicted octanol–water partition coefficient (Wildman–Crippen LogP) is 5.29. The Labute approximate surface area is 185 Å². The smallest absolute Gasteiger partial charge is 0.356 e. The first kappa shape index (κ1) is 22.3. The molecule has 3 nitrogen and oxygen atoms in total. The molecule has 1 saturated heterocycles. The lowest BCUT2D eigenvalue weighted by atomic mass is 9.81. The normalized spacial score (nSPS) is 19.7. The van der Waals surface area contributed by atoms with Gasteiger partial charge in [-0.3, -0.25) is 0 Å². The average Bonchev–Trinajstić information content (AvgIpc) is 3.27. The molecule has 0 bridgehead atoms. The number of anilines is 1. The molecule has 4 rings (SSSR count). The van der Waals surface area contributed by atoms with Crippen LogP contribution in [0, 0.1) is 11.7 Å². The summed E-state index contributed by atoms with van der Waals surface area (Å²) in [5.41, 5.74) is 1.43. The van der Waals surface area contributed by atoms with Crippen LogP contribution in [0.2, 0.25) is 0 Å². The lowest BCUT2D eigenvalue weighted by molar-refractivity contribution is -0.137. The summed E-state index contributed by atoms with van der Waals surface area (Å²) in [4.78, 5) is 6.10. The van der Waals surface area contributed by atoms with Gasteiger partial charge in [0.25, 0.3) is 0 Å². The van der Waals surface area contributed by atoms with Crippen LogP contribution in [-0.2, 0) is 12.6 Å². The van der Waals surface area contributed by atoms with Gasteiger partial charge in [-0.15, -0.1) is 0 Å². The largest absolute Gasteiger partial charge is 0.417 e. The highest BCUT2D eigenvalue weighted by Gasteiger charge is 2.37. The van der Waals surface area contributed by atoms with Crippen molar-refractivity contribution in [3.63, 3.8) is 0 Å². The molecule has 1 aliphatic rings. The minimum atomic E-state index is -4.42. The molecule has 32 heavy (non-hydrogen) atoms. The monoisotopic (exact) mass is 443 g/mol. The fourth-order valence-corrected chi connectivity index (χ4v) is 4.54. The van der Waals surface area contributed by atoms with Gasteiger partial charge in [-0.05, 0) is 41.8 Å². The van der Waals surface area contributed by atoms with Crippen molar-refractivity contribution < 1.29 is 17.6 Å². The molecule has 2 aromatic carbocycles. The minimum absolute atomic E-state index is 0.0216. The molecule has 0 radical (unpaired) electrons. The Kier molecular flexibility index (Phi) is 6.46. The molecule has 7 heteroatoms. The van der Waals surface area contributed by atoms with E-state index in [0.29, 0.717) is 12.2 Å². The fraction of sp³-hybridized carbons (Fsp3) is 0.320. The number of nitrogens with one attached hydrogen (secondary N) is 1. The van der Waals surface area contributed by atoms with Crippen LogP contribution < -0.4 is 10.2 Å². The Morgan fingerprint density at radius 2 is 1.72 bits per heavy atom. The lowest BCUT2D eigenvalue weighted by Gasteiger charge is -2.36. The summed E-state index contributed by atoms with van der Waals surface area (Å²) in [6.07, 6.45) is -2.82. The van der Waals surface area contributed by atoms with Crippen LogP contribution in [0.15, 0.2) is 72.9 Å². The first-order valence-electron chi connectivity index (χ1n) is 10.6. The zero-order valence-corrected chi connectivity index (χ0v) is 17.7. The van der Waals surface area contributed by atoms with Crippen molar-refractivity contribution in [2.24, 2.45) is 5.92 Å². The summed E-state index contributed by atoms with van der Waals surface area (Å²) in [5.74, 6) is 0.530. The maximum Gasteiger partial charge on any atom is 0.417 e. The van der Waals surface area contributed by atoms with Gasteiger partial charge >= 0.3 is 6.18 Å². The standard InChI is InChI=1S/C25H25F4N3/c1-32(24-12-9-19(14-31-24)25(27,28)29)23(13-17-5-3-2-4-6-17)22-16-30-15-21(22)18-7-10-20(26)11-8-18/h2-12,14,21-23,30H,13,15-16H2,1H3/t21?,22?,23-/m0/s1. The first-order chi connectivity index (χ1) is 15.3. The number of hydrogen-bond acceptors (Lipinski definition) is 3. The van der Waals surface area contributed by atoms with Crippen LogP contribution in [-0.4, -0.2) is 31.2 Å². The van der Waals surface area contributed by atoms with E-state index in [1.807, 2.05) is 42.3 Å². The summed E-state index contributed by atoms with van der Waals surface area (Å²) in [5, 5.41) is 3.45. The van der Waals surface area contributed by atoms with Gasteiger partial charge in [-0.25, -0.2) is 9.37 Å². The number of rotatable bonds is 6. The third-order valence-electron chi connectivity index (χ3n) is 6.28. The maximum absolute atomic E-state index is 13.5. The van der Waals surface area contributed by atoms with E-state index in [9.17, 15) is 17.6 Å². The number of alkyl halides is 3. The summed E-state index contributed by atoms with van der Waals surface area (Å²) in [6, 6.07) is 19.1. The predicted molar refractivity (Wildman–Crippen MR) is 117 cm³/mol. The second kappa shape index (κ2) is 9.28. The molecule has 3 atom stereocenters. The third-order valence-corrected chi connectivity index (χ3v) is 6.28. The SMILES string of the molecule is CN(c1ccc(C(F)(F)F)cn1)[C@@H](Cc1ccccc1)C1CNCC1c1ccc(F)cc1. The van der Waals surface area contributed by atoms with Gasteiger partial charge in [0.1, 0.15) is 11.6 Å². The maximum atomic E-state index is 13.5. The average molecular weight is 443 g/mol.